The SMILES string of the molecule is COCCOc1cc2ncnc(Sc3nnnn3C)c2cc1OCCOC. The highest BCUT2D eigenvalue weighted by atomic mass is 32.2. The molecule has 0 amide bonds. The highest BCUT2D eigenvalue weighted by molar-refractivity contribution is 7.99. The largest absolute Gasteiger partial charge is 0.487 e. The predicted octanol–water partition coefficient (Wildman–Crippen LogP) is 1.35. The van der Waals surface area contributed by atoms with Gasteiger partial charge in [-0.3, -0.25) is 0 Å². The Kier molecular flexibility index (Phi) is 6.74. The molecule has 2 aromatic heterocycles. The molecule has 0 aliphatic carbocycles. The smallest absolute Gasteiger partial charge is 0.215 e. The van der Waals surface area contributed by atoms with Gasteiger partial charge in [-0.15, -0.1) is 5.10 Å². The van der Waals surface area contributed by atoms with Gasteiger partial charge in [-0.1, -0.05) is 0 Å². The van der Waals surface area contributed by atoms with Crippen LogP contribution < -0.4 is 9.47 Å². The van der Waals surface area contributed by atoms with Gasteiger partial charge in [0.15, 0.2) is 11.5 Å². The van der Waals surface area contributed by atoms with Gasteiger partial charge in [-0.05, 0) is 28.3 Å². The quantitative estimate of drug-likeness (QED) is 0.371. The number of fused-ring (bicyclic) bond motifs is 1. The van der Waals surface area contributed by atoms with Crippen LogP contribution in [-0.2, 0) is 16.5 Å². The molecule has 2 heterocycles. The zero-order chi connectivity index (χ0) is 19.1. The molecule has 3 aromatic rings. The van der Waals surface area contributed by atoms with E-state index in [0.717, 1.165) is 15.9 Å². The van der Waals surface area contributed by atoms with Crippen molar-refractivity contribution in [3.63, 3.8) is 0 Å². The molecule has 3 rings (SSSR count). The minimum absolute atomic E-state index is 0.395. The zero-order valence-electron chi connectivity index (χ0n) is 15.3. The van der Waals surface area contributed by atoms with Crippen LogP contribution in [0.4, 0.5) is 0 Å². The van der Waals surface area contributed by atoms with Gasteiger partial charge in [0.25, 0.3) is 0 Å². The van der Waals surface area contributed by atoms with Crippen molar-refractivity contribution in [2.24, 2.45) is 7.05 Å². The minimum atomic E-state index is 0.395. The summed E-state index contributed by atoms with van der Waals surface area (Å²) in [5.74, 6) is 1.18. The number of nitrogens with zero attached hydrogens (tertiary/aromatic N) is 6. The second kappa shape index (κ2) is 9.44. The Morgan fingerprint density at radius 2 is 1.67 bits per heavy atom. The second-order valence-electron chi connectivity index (χ2n) is 5.36. The van der Waals surface area contributed by atoms with E-state index in [-0.39, 0.29) is 0 Å². The summed E-state index contributed by atoms with van der Waals surface area (Å²) in [6, 6.07) is 3.69. The van der Waals surface area contributed by atoms with Gasteiger partial charge >= 0.3 is 0 Å². The van der Waals surface area contributed by atoms with Gasteiger partial charge in [-0.2, -0.15) is 0 Å². The van der Waals surface area contributed by atoms with Crippen LogP contribution in [0.25, 0.3) is 10.9 Å². The van der Waals surface area contributed by atoms with Crippen molar-refractivity contribution in [1.82, 2.24) is 30.2 Å². The highest BCUT2D eigenvalue weighted by Crippen LogP contribution is 2.36. The Morgan fingerprint density at radius 1 is 0.963 bits per heavy atom. The number of tetrazole rings is 1. The number of benzene rings is 1. The Morgan fingerprint density at radius 3 is 2.30 bits per heavy atom. The van der Waals surface area contributed by atoms with Gasteiger partial charge in [0.2, 0.25) is 5.16 Å². The van der Waals surface area contributed by atoms with E-state index in [1.165, 1.54) is 18.1 Å². The lowest BCUT2D eigenvalue weighted by molar-refractivity contribution is 0.132. The number of hydrogen-bond donors (Lipinski definition) is 0. The summed E-state index contributed by atoms with van der Waals surface area (Å²) in [7, 11) is 5.02. The minimum Gasteiger partial charge on any atom is -0.487 e. The number of ether oxygens (including phenoxy) is 4. The van der Waals surface area contributed by atoms with Crippen molar-refractivity contribution < 1.29 is 18.9 Å². The molecule has 0 saturated carbocycles. The maximum atomic E-state index is 5.83. The summed E-state index contributed by atoms with van der Waals surface area (Å²) in [6.07, 6.45) is 1.50. The van der Waals surface area contributed by atoms with Crippen LogP contribution in [0.1, 0.15) is 0 Å². The third-order valence-corrected chi connectivity index (χ3v) is 4.57. The summed E-state index contributed by atoms with van der Waals surface area (Å²) in [5.41, 5.74) is 0.731. The monoisotopic (exact) mass is 392 g/mol. The number of hydrogen-bond acceptors (Lipinski definition) is 10. The first-order chi connectivity index (χ1) is 13.2. The van der Waals surface area contributed by atoms with Crippen LogP contribution in [0.15, 0.2) is 28.6 Å². The average molecular weight is 392 g/mol. The molecule has 27 heavy (non-hydrogen) atoms. The fraction of sp³-hybridized carbons (Fsp3) is 0.438. The van der Waals surface area contributed by atoms with Crippen molar-refractivity contribution in [2.45, 2.75) is 10.2 Å². The molecule has 0 unspecified atom stereocenters. The number of methoxy groups -OCH3 is 2. The molecule has 144 valence electrons. The first-order valence-electron chi connectivity index (χ1n) is 8.15. The van der Waals surface area contributed by atoms with Gasteiger partial charge in [0.05, 0.1) is 18.7 Å². The highest BCUT2D eigenvalue weighted by Gasteiger charge is 2.15. The summed E-state index contributed by atoms with van der Waals surface area (Å²) >= 11 is 1.35. The first-order valence-corrected chi connectivity index (χ1v) is 8.97. The zero-order valence-corrected chi connectivity index (χ0v) is 16.1. The van der Waals surface area contributed by atoms with Crippen LogP contribution in [-0.4, -0.2) is 70.8 Å². The topological polar surface area (TPSA) is 106 Å². The maximum absolute atomic E-state index is 5.83. The van der Waals surface area contributed by atoms with E-state index >= 15 is 0 Å². The lowest BCUT2D eigenvalue weighted by atomic mass is 10.2. The van der Waals surface area contributed by atoms with Crippen LogP contribution in [0, 0.1) is 0 Å². The van der Waals surface area contributed by atoms with E-state index in [1.807, 2.05) is 12.1 Å². The van der Waals surface area contributed by atoms with E-state index in [0.29, 0.717) is 43.1 Å². The Bertz CT molecular complexity index is 890. The molecular weight excluding hydrogens is 372 g/mol. The van der Waals surface area contributed by atoms with Gasteiger partial charge in [0, 0.05) is 32.7 Å². The Labute approximate surface area is 160 Å². The molecule has 1 aromatic carbocycles. The van der Waals surface area contributed by atoms with Crippen molar-refractivity contribution >= 4 is 22.7 Å². The molecule has 11 heteroatoms. The Balaban J connectivity index is 1.95. The molecule has 0 atom stereocenters. The number of aryl methyl sites for hydroxylation is 1. The van der Waals surface area contributed by atoms with E-state index in [9.17, 15) is 0 Å². The van der Waals surface area contributed by atoms with Gasteiger partial charge < -0.3 is 18.9 Å². The van der Waals surface area contributed by atoms with Crippen molar-refractivity contribution in [3.8, 4) is 11.5 Å². The van der Waals surface area contributed by atoms with Crippen molar-refractivity contribution in [2.75, 3.05) is 40.6 Å². The van der Waals surface area contributed by atoms with Crippen molar-refractivity contribution in [3.05, 3.63) is 18.5 Å². The van der Waals surface area contributed by atoms with Gasteiger partial charge in [-0.25, -0.2) is 14.6 Å². The lowest BCUT2D eigenvalue weighted by Crippen LogP contribution is -2.08. The maximum Gasteiger partial charge on any atom is 0.215 e. The third kappa shape index (κ3) is 4.81. The molecule has 0 fully saturated rings. The summed E-state index contributed by atoms with van der Waals surface area (Å²) in [6.45, 7) is 1.73. The van der Waals surface area contributed by atoms with Gasteiger partial charge in [0.1, 0.15) is 24.6 Å². The normalized spacial score (nSPS) is 11.1. The second-order valence-corrected chi connectivity index (χ2v) is 6.32. The number of aromatic nitrogens is 6. The molecule has 10 nitrogen and oxygen atoms in total. The van der Waals surface area contributed by atoms with E-state index < -0.39 is 0 Å². The fourth-order valence-electron chi connectivity index (χ4n) is 2.21. The summed E-state index contributed by atoms with van der Waals surface area (Å²) in [4.78, 5) is 8.71. The van der Waals surface area contributed by atoms with Crippen molar-refractivity contribution in [1.29, 1.82) is 0 Å². The fourth-order valence-corrected chi connectivity index (χ4v) is 3.00. The standard InChI is InChI=1S/C16H20N6O4S/c1-22-16(19-20-21-22)27-15-11-8-13(25-6-4-23-2)14(26-7-5-24-3)9-12(11)17-10-18-15/h8-10H,4-7H2,1-3H3. The molecule has 0 saturated heterocycles. The lowest BCUT2D eigenvalue weighted by Gasteiger charge is -2.14. The van der Waals surface area contributed by atoms with Crippen LogP contribution in [0.3, 0.4) is 0 Å². The molecule has 0 spiro atoms. The predicted molar refractivity (Wildman–Crippen MR) is 97.2 cm³/mol. The first kappa shape index (κ1) is 19.3. The summed E-state index contributed by atoms with van der Waals surface area (Å²) in [5, 5.41) is 13.6. The molecule has 0 bridgehead atoms. The molecular formula is C16H20N6O4S. The molecule has 0 aliphatic heterocycles. The third-order valence-electron chi connectivity index (χ3n) is 3.52. The van der Waals surface area contributed by atoms with E-state index in [2.05, 4.69) is 25.5 Å². The van der Waals surface area contributed by atoms with E-state index in [1.54, 1.807) is 25.9 Å². The molecule has 0 N–H and O–H groups in total. The summed E-state index contributed by atoms with van der Waals surface area (Å²) < 4.78 is 23.3. The molecule has 0 radical (unpaired) electrons. The van der Waals surface area contributed by atoms with Crippen LogP contribution >= 0.6 is 11.8 Å². The average Bonchev–Trinajstić information content (AvgIpc) is 3.07. The number of rotatable bonds is 10. The Hall–Kier alpha value is -2.50. The van der Waals surface area contributed by atoms with E-state index in [4.69, 9.17) is 18.9 Å². The molecule has 0 aliphatic rings. The van der Waals surface area contributed by atoms with Crippen LogP contribution in [0.2, 0.25) is 0 Å². The van der Waals surface area contributed by atoms with Crippen LogP contribution in [0.5, 0.6) is 11.5 Å².